The van der Waals surface area contributed by atoms with Crippen LogP contribution in [0.3, 0.4) is 0 Å². The highest BCUT2D eigenvalue weighted by molar-refractivity contribution is 9.10. The Morgan fingerprint density at radius 1 is 1.46 bits per heavy atom. The van der Waals surface area contributed by atoms with Gasteiger partial charge in [-0.15, -0.1) is 0 Å². The smallest absolute Gasteiger partial charge is 0.103 e. The third-order valence-electron chi connectivity index (χ3n) is 1.57. The second kappa shape index (κ2) is 4.29. The second-order valence-corrected chi connectivity index (χ2v) is 3.93. The molecule has 0 aliphatic heterocycles. The average molecular weight is 239 g/mol. The molecule has 1 N–H and O–H groups in total. The highest BCUT2D eigenvalue weighted by atomic mass is 79.9. The maximum Gasteiger partial charge on any atom is 0.103 e. The minimum Gasteiger partial charge on any atom is -0.382 e. The van der Waals surface area contributed by atoms with Gasteiger partial charge in [-0.3, -0.25) is 0 Å². The first-order valence-corrected chi connectivity index (χ1v) is 4.89. The van der Waals surface area contributed by atoms with E-state index >= 15 is 0 Å². The molecule has 0 atom stereocenters. The van der Waals surface area contributed by atoms with Gasteiger partial charge < -0.3 is 5.32 Å². The van der Waals surface area contributed by atoms with E-state index < -0.39 is 0 Å². The maximum atomic E-state index is 8.89. The van der Waals surface area contributed by atoms with Crippen LogP contribution in [0.15, 0.2) is 22.7 Å². The molecule has 0 radical (unpaired) electrons. The lowest BCUT2D eigenvalue weighted by atomic mass is 10.2. The van der Waals surface area contributed by atoms with Crippen molar-refractivity contribution in [1.29, 1.82) is 5.26 Å². The number of rotatable bonds is 2. The summed E-state index contributed by atoms with van der Waals surface area (Å²) in [5.74, 6) is 0. The summed E-state index contributed by atoms with van der Waals surface area (Å²) in [7, 11) is 0. The molecular weight excluding hydrogens is 228 g/mol. The summed E-state index contributed by atoms with van der Waals surface area (Å²) in [4.78, 5) is 0. The molecule has 0 spiro atoms. The Kier molecular flexibility index (Phi) is 3.32. The maximum absolute atomic E-state index is 8.89. The van der Waals surface area contributed by atoms with Gasteiger partial charge in [0.25, 0.3) is 0 Å². The van der Waals surface area contributed by atoms with Crippen LogP contribution in [0.1, 0.15) is 19.4 Å². The second-order valence-electron chi connectivity index (χ2n) is 3.07. The van der Waals surface area contributed by atoms with Crippen molar-refractivity contribution >= 4 is 21.6 Å². The Bertz CT molecular complexity index is 339. The van der Waals surface area contributed by atoms with E-state index in [4.69, 9.17) is 5.26 Å². The van der Waals surface area contributed by atoms with Crippen LogP contribution in [0.2, 0.25) is 0 Å². The fraction of sp³-hybridized carbons (Fsp3) is 0.300. The zero-order chi connectivity index (χ0) is 9.84. The van der Waals surface area contributed by atoms with Gasteiger partial charge in [-0.05, 0) is 41.9 Å². The quantitative estimate of drug-likeness (QED) is 0.860. The van der Waals surface area contributed by atoms with Gasteiger partial charge in [-0.25, -0.2) is 0 Å². The van der Waals surface area contributed by atoms with E-state index in [2.05, 4.69) is 27.3 Å². The van der Waals surface area contributed by atoms with Crippen molar-refractivity contribution in [2.75, 3.05) is 5.32 Å². The highest BCUT2D eigenvalue weighted by Gasteiger charge is 2.05. The molecule has 1 aromatic rings. The number of anilines is 1. The largest absolute Gasteiger partial charge is 0.382 e. The van der Waals surface area contributed by atoms with Crippen LogP contribution in [0.4, 0.5) is 5.69 Å². The lowest BCUT2D eigenvalue weighted by molar-refractivity contribution is 0.898. The van der Waals surface area contributed by atoms with Gasteiger partial charge in [-0.1, -0.05) is 6.07 Å². The van der Waals surface area contributed by atoms with Crippen molar-refractivity contribution in [2.45, 2.75) is 19.9 Å². The molecule has 0 aliphatic carbocycles. The minimum atomic E-state index is 0.335. The lowest BCUT2D eigenvalue weighted by Crippen LogP contribution is -2.10. The van der Waals surface area contributed by atoms with E-state index in [1.807, 2.05) is 32.0 Å². The first kappa shape index (κ1) is 10.1. The zero-order valence-corrected chi connectivity index (χ0v) is 9.22. The van der Waals surface area contributed by atoms with Crippen LogP contribution in [-0.4, -0.2) is 6.04 Å². The number of nitrogens with one attached hydrogen (secondary N) is 1. The highest BCUT2D eigenvalue weighted by Crippen LogP contribution is 2.24. The average Bonchev–Trinajstić information content (AvgIpc) is 2.03. The van der Waals surface area contributed by atoms with Crippen LogP contribution in [-0.2, 0) is 0 Å². The number of benzene rings is 1. The molecule has 13 heavy (non-hydrogen) atoms. The Balaban J connectivity index is 3.07. The van der Waals surface area contributed by atoms with E-state index in [1.165, 1.54) is 0 Å². The summed E-state index contributed by atoms with van der Waals surface area (Å²) in [5, 5.41) is 12.1. The first-order chi connectivity index (χ1) is 6.15. The fourth-order valence-electron chi connectivity index (χ4n) is 1.07. The summed E-state index contributed by atoms with van der Waals surface area (Å²) >= 11 is 3.33. The zero-order valence-electron chi connectivity index (χ0n) is 7.63. The van der Waals surface area contributed by atoms with Crippen molar-refractivity contribution in [1.82, 2.24) is 0 Å². The molecule has 0 fully saturated rings. The summed E-state index contributed by atoms with van der Waals surface area (Å²) in [5.41, 5.74) is 1.54. The van der Waals surface area contributed by atoms with Crippen LogP contribution >= 0.6 is 15.9 Å². The molecule has 0 bridgehead atoms. The van der Waals surface area contributed by atoms with Gasteiger partial charge in [0.1, 0.15) is 6.07 Å². The molecule has 0 aromatic heterocycles. The molecule has 1 rings (SSSR count). The number of hydrogen-bond acceptors (Lipinski definition) is 2. The van der Waals surface area contributed by atoms with Gasteiger partial charge in [0.15, 0.2) is 0 Å². The van der Waals surface area contributed by atoms with E-state index in [-0.39, 0.29) is 0 Å². The van der Waals surface area contributed by atoms with E-state index in [9.17, 15) is 0 Å². The lowest BCUT2D eigenvalue weighted by Gasteiger charge is -2.11. The number of nitriles is 1. The molecule has 3 heteroatoms. The van der Waals surface area contributed by atoms with Gasteiger partial charge in [0.2, 0.25) is 0 Å². The summed E-state index contributed by atoms with van der Waals surface area (Å²) in [6, 6.07) is 8.18. The van der Waals surface area contributed by atoms with Crippen LogP contribution in [0.5, 0.6) is 0 Å². The monoisotopic (exact) mass is 238 g/mol. The van der Waals surface area contributed by atoms with Gasteiger partial charge >= 0.3 is 0 Å². The predicted molar refractivity (Wildman–Crippen MR) is 57.6 cm³/mol. The molecule has 2 nitrogen and oxygen atoms in total. The van der Waals surface area contributed by atoms with Crippen molar-refractivity contribution in [3.05, 3.63) is 28.2 Å². The molecule has 0 unspecified atom stereocenters. The van der Waals surface area contributed by atoms with E-state index in [0.717, 1.165) is 10.2 Å². The normalized spacial score (nSPS) is 9.77. The summed E-state index contributed by atoms with van der Waals surface area (Å²) in [6.45, 7) is 4.09. The van der Waals surface area contributed by atoms with E-state index in [0.29, 0.717) is 11.6 Å². The van der Waals surface area contributed by atoms with E-state index in [1.54, 1.807) is 0 Å². The molecule has 0 aliphatic rings. The standard InChI is InChI=1S/C10H11BrN2/c1-7(2)13-10-5-3-4-9(11)8(10)6-12/h3-5,7,13H,1-2H3. The van der Waals surface area contributed by atoms with Gasteiger partial charge in [0.05, 0.1) is 11.3 Å². The topological polar surface area (TPSA) is 35.8 Å². The molecule has 0 amide bonds. The first-order valence-electron chi connectivity index (χ1n) is 4.10. The SMILES string of the molecule is CC(C)Nc1cccc(Br)c1C#N. The number of hydrogen-bond donors (Lipinski definition) is 1. The minimum absolute atomic E-state index is 0.335. The number of halogens is 1. The number of nitrogens with zero attached hydrogens (tertiary/aromatic N) is 1. The third-order valence-corrected chi connectivity index (χ3v) is 2.23. The van der Waals surface area contributed by atoms with Crippen molar-refractivity contribution in [2.24, 2.45) is 0 Å². The Hall–Kier alpha value is -1.01. The molecule has 1 aromatic carbocycles. The van der Waals surface area contributed by atoms with Crippen LogP contribution in [0, 0.1) is 11.3 Å². The fourth-order valence-corrected chi connectivity index (χ4v) is 1.52. The summed E-state index contributed by atoms with van der Waals surface area (Å²) in [6.07, 6.45) is 0. The van der Waals surface area contributed by atoms with Crippen molar-refractivity contribution in [3.63, 3.8) is 0 Å². The van der Waals surface area contributed by atoms with Gasteiger partial charge in [-0.2, -0.15) is 5.26 Å². The molecule has 68 valence electrons. The van der Waals surface area contributed by atoms with Crippen molar-refractivity contribution in [3.8, 4) is 6.07 Å². The molecule has 0 saturated carbocycles. The molecule has 0 heterocycles. The van der Waals surface area contributed by atoms with Crippen LogP contribution in [0.25, 0.3) is 0 Å². The summed E-state index contributed by atoms with van der Waals surface area (Å²) < 4.78 is 0.834. The van der Waals surface area contributed by atoms with Crippen LogP contribution < -0.4 is 5.32 Å². The Morgan fingerprint density at radius 3 is 2.69 bits per heavy atom. The van der Waals surface area contributed by atoms with Crippen molar-refractivity contribution < 1.29 is 0 Å². The predicted octanol–water partition coefficient (Wildman–Crippen LogP) is 3.14. The Labute approximate surface area is 86.7 Å². The molecule has 0 saturated heterocycles. The molecular formula is C10H11BrN2. The third kappa shape index (κ3) is 2.46. The van der Waals surface area contributed by atoms with Gasteiger partial charge in [0, 0.05) is 10.5 Å². The Morgan fingerprint density at radius 2 is 2.15 bits per heavy atom.